The lowest BCUT2D eigenvalue weighted by Gasteiger charge is -1.82. The van der Waals surface area contributed by atoms with Gasteiger partial charge in [0.1, 0.15) is 0 Å². The highest BCUT2D eigenvalue weighted by atomic mass is 14.7. The molecule has 0 aliphatic rings. The fourth-order valence-corrected chi connectivity index (χ4v) is 1.77. The van der Waals surface area contributed by atoms with Crippen LogP contribution in [0.4, 0.5) is 0 Å². The molecule has 0 amide bonds. The summed E-state index contributed by atoms with van der Waals surface area (Å²) in [5, 5.41) is 0. The Morgan fingerprint density at radius 1 is 0.615 bits per heavy atom. The SMILES string of the molecule is CC(C)C.CC(C)C.c1cnc2cc[nH]c2c1.c1cnc2cc[nH]c2c1. The number of nitrogens with one attached hydrogen (secondary N) is 2. The van der Waals surface area contributed by atoms with Crippen molar-refractivity contribution in [2.45, 2.75) is 41.5 Å². The number of pyridine rings is 2. The van der Waals surface area contributed by atoms with Gasteiger partial charge in [0.15, 0.2) is 0 Å². The highest BCUT2D eigenvalue weighted by Crippen LogP contribution is 2.06. The number of nitrogens with zero attached hydrogens (tertiary/aromatic N) is 2. The van der Waals surface area contributed by atoms with Crippen LogP contribution in [0.2, 0.25) is 0 Å². The second-order valence-corrected chi connectivity index (χ2v) is 7.29. The molecular formula is C22H32N4. The molecule has 0 unspecified atom stereocenters. The Hall–Kier alpha value is -2.62. The summed E-state index contributed by atoms with van der Waals surface area (Å²) < 4.78 is 0. The summed E-state index contributed by atoms with van der Waals surface area (Å²) in [5.74, 6) is 1.67. The molecular weight excluding hydrogens is 320 g/mol. The van der Waals surface area contributed by atoms with Crippen molar-refractivity contribution in [3.8, 4) is 0 Å². The van der Waals surface area contributed by atoms with Crippen molar-refractivity contribution in [2.75, 3.05) is 0 Å². The van der Waals surface area contributed by atoms with Gasteiger partial charge in [0.25, 0.3) is 0 Å². The smallest absolute Gasteiger partial charge is 0.0878 e. The minimum Gasteiger partial charge on any atom is -0.360 e. The van der Waals surface area contributed by atoms with Gasteiger partial charge in [0, 0.05) is 24.8 Å². The summed E-state index contributed by atoms with van der Waals surface area (Å²) in [7, 11) is 0. The van der Waals surface area contributed by atoms with Gasteiger partial charge in [-0.05, 0) is 48.2 Å². The second kappa shape index (κ2) is 11.9. The Bertz CT molecular complexity index is 705. The van der Waals surface area contributed by atoms with Gasteiger partial charge in [-0.1, -0.05) is 41.5 Å². The molecule has 0 radical (unpaired) electrons. The molecule has 2 N–H and O–H groups in total. The Balaban J connectivity index is 0.000000188. The van der Waals surface area contributed by atoms with Gasteiger partial charge >= 0.3 is 0 Å². The number of hydrogen-bond acceptors (Lipinski definition) is 2. The Kier molecular flexibility index (Phi) is 9.77. The summed E-state index contributed by atoms with van der Waals surface area (Å²) in [6.07, 6.45) is 7.35. The van der Waals surface area contributed by atoms with E-state index in [1.807, 2.05) is 48.8 Å². The van der Waals surface area contributed by atoms with Gasteiger partial charge in [-0.2, -0.15) is 0 Å². The minimum absolute atomic E-state index is 0.833. The lowest BCUT2D eigenvalue weighted by Crippen LogP contribution is -1.68. The minimum atomic E-state index is 0.833. The molecule has 0 bridgehead atoms. The first-order chi connectivity index (χ1) is 12.4. The van der Waals surface area contributed by atoms with E-state index in [0.717, 1.165) is 33.9 Å². The van der Waals surface area contributed by atoms with Crippen molar-refractivity contribution < 1.29 is 0 Å². The zero-order chi connectivity index (χ0) is 19.4. The third-order valence-electron chi connectivity index (χ3n) is 2.64. The molecule has 0 saturated carbocycles. The molecule has 4 heteroatoms. The van der Waals surface area contributed by atoms with Crippen LogP contribution in [0.25, 0.3) is 22.1 Å². The van der Waals surface area contributed by atoms with Crippen molar-refractivity contribution in [3.63, 3.8) is 0 Å². The lowest BCUT2D eigenvalue weighted by atomic mass is 10.3. The molecule has 4 aromatic heterocycles. The molecule has 0 aliphatic heterocycles. The first-order valence-corrected chi connectivity index (χ1v) is 9.16. The molecule has 0 spiro atoms. The molecule has 26 heavy (non-hydrogen) atoms. The van der Waals surface area contributed by atoms with Gasteiger partial charge in [-0.25, -0.2) is 0 Å². The van der Waals surface area contributed by atoms with E-state index in [9.17, 15) is 0 Å². The molecule has 0 aromatic carbocycles. The maximum atomic E-state index is 4.11. The fraction of sp³-hybridized carbons (Fsp3) is 0.364. The molecule has 4 heterocycles. The molecule has 4 rings (SSSR count). The van der Waals surface area contributed by atoms with Crippen LogP contribution in [0.1, 0.15) is 41.5 Å². The molecule has 4 nitrogen and oxygen atoms in total. The highest BCUT2D eigenvalue weighted by molar-refractivity contribution is 5.74. The maximum absolute atomic E-state index is 4.11. The number of fused-ring (bicyclic) bond motifs is 2. The summed E-state index contributed by atoms with van der Waals surface area (Å²) >= 11 is 0. The quantitative estimate of drug-likeness (QED) is 0.382. The van der Waals surface area contributed by atoms with E-state index in [0.29, 0.717) is 0 Å². The van der Waals surface area contributed by atoms with Crippen LogP contribution >= 0.6 is 0 Å². The van der Waals surface area contributed by atoms with Crippen molar-refractivity contribution in [3.05, 3.63) is 61.2 Å². The lowest BCUT2D eigenvalue weighted by molar-refractivity contribution is 0.736. The predicted molar refractivity (Wildman–Crippen MR) is 113 cm³/mol. The van der Waals surface area contributed by atoms with Crippen molar-refractivity contribution in [1.82, 2.24) is 19.9 Å². The van der Waals surface area contributed by atoms with Crippen LogP contribution in [0.5, 0.6) is 0 Å². The summed E-state index contributed by atoms with van der Waals surface area (Å²) in [6, 6.07) is 11.7. The van der Waals surface area contributed by atoms with Gasteiger partial charge in [0.05, 0.1) is 22.1 Å². The summed E-state index contributed by atoms with van der Waals surface area (Å²) in [4.78, 5) is 14.3. The van der Waals surface area contributed by atoms with E-state index in [-0.39, 0.29) is 0 Å². The number of rotatable bonds is 0. The number of aromatic nitrogens is 4. The number of H-pyrrole nitrogens is 2. The number of hydrogen-bond donors (Lipinski definition) is 2. The zero-order valence-electron chi connectivity index (χ0n) is 16.8. The zero-order valence-corrected chi connectivity index (χ0v) is 16.8. The first kappa shape index (κ1) is 21.4. The standard InChI is InChI=1S/2C7H6N2.2C4H10/c2*1-2-6-7(8-4-1)3-5-9-6;2*1-4(2)3/h2*1-5,9H;2*4H,1-3H3. The predicted octanol–water partition coefficient (Wildman–Crippen LogP) is 6.45. The van der Waals surface area contributed by atoms with Crippen LogP contribution in [-0.2, 0) is 0 Å². The van der Waals surface area contributed by atoms with E-state index in [1.54, 1.807) is 12.4 Å². The Morgan fingerprint density at radius 3 is 1.27 bits per heavy atom. The van der Waals surface area contributed by atoms with Gasteiger partial charge in [0.2, 0.25) is 0 Å². The van der Waals surface area contributed by atoms with E-state index in [4.69, 9.17) is 0 Å². The summed E-state index contributed by atoms with van der Waals surface area (Å²) in [5.41, 5.74) is 4.24. The molecule has 0 atom stereocenters. The van der Waals surface area contributed by atoms with E-state index in [2.05, 4.69) is 61.5 Å². The van der Waals surface area contributed by atoms with Gasteiger partial charge < -0.3 is 9.97 Å². The van der Waals surface area contributed by atoms with Gasteiger partial charge in [-0.15, -0.1) is 0 Å². The molecule has 0 saturated heterocycles. The molecule has 0 aliphatic carbocycles. The highest BCUT2D eigenvalue weighted by Gasteiger charge is 1.89. The van der Waals surface area contributed by atoms with Crippen LogP contribution in [0, 0.1) is 11.8 Å². The monoisotopic (exact) mass is 352 g/mol. The normalized spacial score (nSPS) is 9.85. The fourth-order valence-electron chi connectivity index (χ4n) is 1.77. The van der Waals surface area contributed by atoms with Crippen LogP contribution in [0.3, 0.4) is 0 Å². The first-order valence-electron chi connectivity index (χ1n) is 9.16. The van der Waals surface area contributed by atoms with Gasteiger partial charge in [-0.3, -0.25) is 9.97 Å². The molecule has 140 valence electrons. The van der Waals surface area contributed by atoms with E-state index < -0.39 is 0 Å². The Labute approximate surface area is 157 Å². The Morgan fingerprint density at radius 2 is 0.962 bits per heavy atom. The van der Waals surface area contributed by atoms with Crippen LogP contribution in [-0.4, -0.2) is 19.9 Å². The van der Waals surface area contributed by atoms with E-state index >= 15 is 0 Å². The summed E-state index contributed by atoms with van der Waals surface area (Å²) in [6.45, 7) is 13.0. The van der Waals surface area contributed by atoms with Crippen LogP contribution in [0.15, 0.2) is 61.2 Å². The maximum Gasteiger partial charge on any atom is 0.0878 e. The largest absolute Gasteiger partial charge is 0.360 e. The number of aromatic amines is 2. The average Bonchev–Trinajstić information content (AvgIpc) is 3.23. The van der Waals surface area contributed by atoms with Crippen molar-refractivity contribution >= 4 is 22.1 Å². The molecule has 0 fully saturated rings. The third-order valence-corrected chi connectivity index (χ3v) is 2.64. The second-order valence-electron chi connectivity index (χ2n) is 7.29. The van der Waals surface area contributed by atoms with Crippen molar-refractivity contribution in [2.24, 2.45) is 11.8 Å². The average molecular weight is 353 g/mol. The molecule has 4 aromatic rings. The van der Waals surface area contributed by atoms with Crippen molar-refractivity contribution in [1.29, 1.82) is 0 Å². The van der Waals surface area contributed by atoms with E-state index in [1.165, 1.54) is 0 Å². The van der Waals surface area contributed by atoms with Crippen LogP contribution < -0.4 is 0 Å². The third kappa shape index (κ3) is 9.02. The topological polar surface area (TPSA) is 57.4 Å².